The number of nitrogens with zero attached hydrogens (tertiary/aromatic N) is 1. The van der Waals surface area contributed by atoms with Crippen molar-refractivity contribution < 1.29 is 22.0 Å². The van der Waals surface area contributed by atoms with Crippen LogP contribution in [0.2, 0.25) is 0 Å². The number of benzene rings is 1. The summed E-state index contributed by atoms with van der Waals surface area (Å²) >= 11 is 0. The Labute approximate surface area is 153 Å². The quantitative estimate of drug-likeness (QED) is 0.830. The molecule has 6 nitrogen and oxygen atoms in total. The first-order valence-electron chi connectivity index (χ1n) is 8.50. The largest absolute Gasteiger partial charge is 0.333 e. The summed E-state index contributed by atoms with van der Waals surface area (Å²) in [7, 11) is -3.90. The van der Waals surface area contributed by atoms with E-state index in [4.69, 9.17) is 0 Å². The van der Waals surface area contributed by atoms with Gasteiger partial charge < -0.3 is 10.2 Å². The van der Waals surface area contributed by atoms with Crippen molar-refractivity contribution in [2.75, 3.05) is 19.6 Å². The molecule has 0 aliphatic carbocycles. The number of rotatable bonds is 4. The van der Waals surface area contributed by atoms with Crippen LogP contribution < -0.4 is 10.0 Å². The Morgan fingerprint density at radius 2 is 1.81 bits per heavy atom. The van der Waals surface area contributed by atoms with Crippen molar-refractivity contribution in [1.82, 2.24) is 14.9 Å². The zero-order valence-corrected chi connectivity index (χ0v) is 16.0. The molecule has 0 aromatic heterocycles. The molecule has 0 saturated carbocycles. The molecular weight excluding hydrogens is 364 g/mol. The molecule has 9 heteroatoms. The van der Waals surface area contributed by atoms with E-state index in [2.05, 4.69) is 10.0 Å². The molecule has 0 spiro atoms. The van der Waals surface area contributed by atoms with Crippen molar-refractivity contribution >= 4 is 16.1 Å². The van der Waals surface area contributed by atoms with E-state index in [1.54, 1.807) is 4.90 Å². The SMILES string of the molecule is CC(C)(C)NC(=O)N1CCC(CNS(=O)(=O)c2ccc(F)c(F)c2)CC1. The van der Waals surface area contributed by atoms with Gasteiger partial charge in [-0.3, -0.25) is 0 Å². The van der Waals surface area contributed by atoms with E-state index in [0.717, 1.165) is 12.1 Å². The highest BCUT2D eigenvalue weighted by Crippen LogP contribution is 2.19. The van der Waals surface area contributed by atoms with Gasteiger partial charge in [-0.05, 0) is 57.7 Å². The van der Waals surface area contributed by atoms with Crippen LogP contribution in [0.15, 0.2) is 23.1 Å². The van der Waals surface area contributed by atoms with E-state index in [-0.39, 0.29) is 28.9 Å². The van der Waals surface area contributed by atoms with Crippen molar-refractivity contribution in [2.45, 2.75) is 44.0 Å². The number of piperidine rings is 1. The maximum Gasteiger partial charge on any atom is 0.317 e. The summed E-state index contributed by atoms with van der Waals surface area (Å²) in [5.74, 6) is -2.22. The second-order valence-corrected chi connectivity index (χ2v) is 9.31. The van der Waals surface area contributed by atoms with Gasteiger partial charge in [-0.1, -0.05) is 0 Å². The minimum Gasteiger partial charge on any atom is -0.333 e. The first-order chi connectivity index (χ1) is 12.0. The Hall–Kier alpha value is -1.74. The molecule has 146 valence electrons. The fourth-order valence-electron chi connectivity index (χ4n) is 2.69. The van der Waals surface area contributed by atoms with E-state index in [9.17, 15) is 22.0 Å². The molecule has 1 aromatic rings. The van der Waals surface area contributed by atoms with Crippen molar-refractivity contribution in [1.29, 1.82) is 0 Å². The maximum atomic E-state index is 13.2. The number of amides is 2. The average molecular weight is 389 g/mol. The third-order valence-corrected chi connectivity index (χ3v) is 5.57. The second-order valence-electron chi connectivity index (χ2n) is 7.54. The fourth-order valence-corrected chi connectivity index (χ4v) is 3.82. The van der Waals surface area contributed by atoms with Gasteiger partial charge in [-0.2, -0.15) is 0 Å². The van der Waals surface area contributed by atoms with Crippen LogP contribution in [-0.2, 0) is 10.0 Å². The molecule has 1 fully saturated rings. The van der Waals surface area contributed by atoms with E-state index in [1.807, 2.05) is 20.8 Å². The predicted molar refractivity (Wildman–Crippen MR) is 94.1 cm³/mol. The lowest BCUT2D eigenvalue weighted by molar-refractivity contribution is 0.163. The summed E-state index contributed by atoms with van der Waals surface area (Å²) in [5, 5.41) is 2.90. The Bertz CT molecular complexity index is 755. The minimum atomic E-state index is -3.90. The van der Waals surface area contributed by atoms with Gasteiger partial charge in [0.15, 0.2) is 11.6 Å². The molecule has 2 N–H and O–H groups in total. The van der Waals surface area contributed by atoms with Gasteiger partial charge in [-0.15, -0.1) is 0 Å². The molecule has 0 atom stereocenters. The lowest BCUT2D eigenvalue weighted by atomic mass is 9.97. The summed E-state index contributed by atoms with van der Waals surface area (Å²) < 4.78 is 53.0. The van der Waals surface area contributed by atoms with Crippen LogP contribution >= 0.6 is 0 Å². The summed E-state index contributed by atoms with van der Waals surface area (Å²) in [5.41, 5.74) is -0.312. The smallest absolute Gasteiger partial charge is 0.317 e. The highest BCUT2D eigenvalue weighted by atomic mass is 32.2. The molecule has 1 aliphatic rings. The predicted octanol–water partition coefficient (Wildman–Crippen LogP) is 2.46. The zero-order chi connectivity index (χ0) is 19.5. The summed E-state index contributed by atoms with van der Waals surface area (Å²) in [4.78, 5) is 13.5. The van der Waals surface area contributed by atoms with Crippen molar-refractivity contribution in [3.63, 3.8) is 0 Å². The van der Waals surface area contributed by atoms with Crippen molar-refractivity contribution in [3.8, 4) is 0 Å². The number of carbonyl (C=O) groups is 1. The molecule has 2 rings (SSSR count). The van der Waals surface area contributed by atoms with Crippen LogP contribution in [0.5, 0.6) is 0 Å². The maximum absolute atomic E-state index is 13.2. The van der Waals surface area contributed by atoms with Crippen LogP contribution in [0.4, 0.5) is 13.6 Å². The van der Waals surface area contributed by atoms with E-state index in [0.29, 0.717) is 32.0 Å². The third kappa shape index (κ3) is 5.63. The molecule has 0 bridgehead atoms. The highest BCUT2D eigenvalue weighted by molar-refractivity contribution is 7.89. The van der Waals surface area contributed by atoms with Crippen LogP contribution in [-0.4, -0.2) is 44.5 Å². The first kappa shape index (κ1) is 20.6. The van der Waals surface area contributed by atoms with Gasteiger partial charge in [0.25, 0.3) is 0 Å². The summed E-state index contributed by atoms with van der Waals surface area (Å²) in [6.45, 7) is 7.00. The van der Waals surface area contributed by atoms with Gasteiger partial charge >= 0.3 is 6.03 Å². The number of sulfonamides is 1. The monoisotopic (exact) mass is 389 g/mol. The van der Waals surface area contributed by atoms with Gasteiger partial charge in [0.2, 0.25) is 10.0 Å². The topological polar surface area (TPSA) is 78.5 Å². The van der Waals surface area contributed by atoms with Crippen LogP contribution in [0, 0.1) is 17.6 Å². The van der Waals surface area contributed by atoms with Gasteiger partial charge in [-0.25, -0.2) is 26.7 Å². The van der Waals surface area contributed by atoms with Gasteiger partial charge in [0, 0.05) is 25.2 Å². The minimum absolute atomic E-state index is 0.0776. The Balaban J connectivity index is 1.86. The Kier molecular flexibility index (Phi) is 6.23. The molecule has 1 heterocycles. The molecule has 1 saturated heterocycles. The molecule has 0 radical (unpaired) electrons. The number of nitrogens with one attached hydrogen (secondary N) is 2. The van der Waals surface area contributed by atoms with Crippen molar-refractivity contribution in [2.24, 2.45) is 5.92 Å². The number of hydrogen-bond acceptors (Lipinski definition) is 3. The molecule has 1 aromatic carbocycles. The highest BCUT2D eigenvalue weighted by Gasteiger charge is 2.26. The van der Waals surface area contributed by atoms with Crippen LogP contribution in [0.3, 0.4) is 0 Å². The number of urea groups is 1. The van der Waals surface area contributed by atoms with E-state index < -0.39 is 21.7 Å². The van der Waals surface area contributed by atoms with Crippen molar-refractivity contribution in [3.05, 3.63) is 29.8 Å². The van der Waals surface area contributed by atoms with Crippen LogP contribution in [0.1, 0.15) is 33.6 Å². The van der Waals surface area contributed by atoms with Gasteiger partial charge in [0.05, 0.1) is 4.90 Å². The molecule has 2 amide bonds. The normalized spacial score (nSPS) is 16.6. The first-order valence-corrected chi connectivity index (χ1v) is 9.98. The number of hydrogen-bond donors (Lipinski definition) is 2. The zero-order valence-electron chi connectivity index (χ0n) is 15.2. The molecule has 1 aliphatic heterocycles. The molecule has 26 heavy (non-hydrogen) atoms. The average Bonchev–Trinajstić information content (AvgIpc) is 2.54. The van der Waals surface area contributed by atoms with E-state index in [1.165, 1.54) is 0 Å². The standard InChI is InChI=1S/C17H25F2N3O3S/c1-17(2,3)21-16(23)22-8-6-12(7-9-22)11-20-26(24,25)13-4-5-14(18)15(19)10-13/h4-5,10,12,20H,6-9,11H2,1-3H3,(H,21,23). The number of halogens is 2. The second kappa shape index (κ2) is 7.87. The Morgan fingerprint density at radius 1 is 1.19 bits per heavy atom. The van der Waals surface area contributed by atoms with Crippen LogP contribution in [0.25, 0.3) is 0 Å². The lowest BCUT2D eigenvalue weighted by Crippen LogP contribution is -2.51. The fraction of sp³-hybridized carbons (Fsp3) is 0.588. The summed E-state index contributed by atoms with van der Waals surface area (Å²) in [6.07, 6.45) is 1.33. The molecular formula is C17H25F2N3O3S. The Morgan fingerprint density at radius 3 is 2.35 bits per heavy atom. The van der Waals surface area contributed by atoms with Gasteiger partial charge in [0.1, 0.15) is 0 Å². The molecule has 0 unspecified atom stereocenters. The third-order valence-electron chi connectivity index (χ3n) is 4.15. The van der Waals surface area contributed by atoms with E-state index >= 15 is 0 Å². The summed E-state index contributed by atoms with van der Waals surface area (Å²) in [6, 6.07) is 2.35. The number of carbonyl (C=O) groups excluding carboxylic acids is 1. The number of likely N-dealkylation sites (tertiary alicyclic amines) is 1. The lowest BCUT2D eigenvalue weighted by Gasteiger charge is -2.34.